The van der Waals surface area contributed by atoms with Gasteiger partial charge in [0.25, 0.3) is 0 Å². The molecule has 0 aliphatic carbocycles. The molecule has 6 nitrogen and oxygen atoms in total. The lowest BCUT2D eigenvalue weighted by molar-refractivity contribution is -0.121. The molecule has 3 N–H and O–H groups in total. The first kappa shape index (κ1) is 13.0. The van der Waals surface area contributed by atoms with Crippen LogP contribution in [0.5, 0.6) is 0 Å². The molecule has 1 heterocycles. The second kappa shape index (κ2) is 5.83. The number of ether oxygens (including phenoxy) is 1. The van der Waals surface area contributed by atoms with E-state index in [9.17, 15) is 9.59 Å². The summed E-state index contributed by atoms with van der Waals surface area (Å²) >= 11 is 0. The molecule has 1 aromatic rings. The number of hydrogen-bond donors (Lipinski definition) is 2. The number of nitrogens with zero attached hydrogens (tertiary/aromatic N) is 1. The molecule has 6 heteroatoms. The predicted octanol–water partition coefficient (Wildman–Crippen LogP) is 0.265. The minimum atomic E-state index is -0.522. The summed E-state index contributed by atoms with van der Waals surface area (Å²) in [6.07, 6.45) is 1.60. The molecule has 0 spiro atoms. The van der Waals surface area contributed by atoms with Crippen LogP contribution in [0.1, 0.15) is 22.5 Å². The number of esters is 1. The molecule has 0 aromatic carbocycles. The van der Waals surface area contributed by atoms with Crippen molar-refractivity contribution in [3.05, 3.63) is 23.5 Å². The SMILES string of the molecule is CNC(=O)CCOC(=O)c1cc(N)cnc1C. The summed E-state index contributed by atoms with van der Waals surface area (Å²) in [5, 5.41) is 2.44. The zero-order valence-corrected chi connectivity index (χ0v) is 9.82. The molecule has 1 amide bonds. The highest BCUT2D eigenvalue weighted by atomic mass is 16.5. The second-order valence-electron chi connectivity index (χ2n) is 3.46. The summed E-state index contributed by atoms with van der Waals surface area (Å²) in [7, 11) is 1.52. The van der Waals surface area contributed by atoms with Gasteiger partial charge in [0.05, 0.1) is 29.6 Å². The molecule has 0 unspecified atom stereocenters. The van der Waals surface area contributed by atoms with Crippen molar-refractivity contribution in [3.8, 4) is 0 Å². The van der Waals surface area contributed by atoms with Gasteiger partial charge in [-0.2, -0.15) is 0 Å². The third-order valence-corrected chi connectivity index (χ3v) is 2.17. The van der Waals surface area contributed by atoms with Crippen LogP contribution in [-0.4, -0.2) is 30.5 Å². The number of carbonyl (C=O) groups is 2. The van der Waals surface area contributed by atoms with Gasteiger partial charge in [-0.3, -0.25) is 9.78 Å². The average molecular weight is 237 g/mol. The maximum Gasteiger partial charge on any atom is 0.340 e. The van der Waals surface area contributed by atoms with E-state index in [0.29, 0.717) is 16.9 Å². The van der Waals surface area contributed by atoms with Gasteiger partial charge < -0.3 is 15.8 Å². The first-order valence-electron chi connectivity index (χ1n) is 5.14. The van der Waals surface area contributed by atoms with Crippen LogP contribution in [0, 0.1) is 6.92 Å². The number of pyridine rings is 1. The summed E-state index contributed by atoms with van der Waals surface area (Å²) < 4.78 is 4.94. The number of nitrogens with one attached hydrogen (secondary N) is 1. The molecule has 0 radical (unpaired) electrons. The number of rotatable bonds is 4. The molecule has 0 fully saturated rings. The van der Waals surface area contributed by atoms with Gasteiger partial charge in [-0.05, 0) is 13.0 Å². The normalized spacial score (nSPS) is 9.76. The van der Waals surface area contributed by atoms with Crippen molar-refractivity contribution in [2.24, 2.45) is 0 Å². The minimum absolute atomic E-state index is 0.0345. The Balaban J connectivity index is 2.58. The Bertz CT molecular complexity index is 432. The van der Waals surface area contributed by atoms with Crippen LogP contribution in [0.2, 0.25) is 0 Å². The zero-order chi connectivity index (χ0) is 12.8. The van der Waals surface area contributed by atoms with Gasteiger partial charge in [0, 0.05) is 7.05 Å². The lowest BCUT2D eigenvalue weighted by atomic mass is 10.2. The fourth-order valence-electron chi connectivity index (χ4n) is 1.20. The van der Waals surface area contributed by atoms with Gasteiger partial charge in [-0.1, -0.05) is 0 Å². The zero-order valence-electron chi connectivity index (χ0n) is 9.82. The lowest BCUT2D eigenvalue weighted by Gasteiger charge is -2.06. The highest BCUT2D eigenvalue weighted by Crippen LogP contribution is 2.10. The summed E-state index contributed by atoms with van der Waals surface area (Å²) in [6.45, 7) is 1.72. The second-order valence-corrected chi connectivity index (χ2v) is 3.46. The largest absolute Gasteiger partial charge is 0.462 e. The van der Waals surface area contributed by atoms with Crippen molar-refractivity contribution in [3.63, 3.8) is 0 Å². The molecule has 0 saturated heterocycles. The monoisotopic (exact) mass is 237 g/mol. The summed E-state index contributed by atoms with van der Waals surface area (Å²) in [6, 6.07) is 1.50. The van der Waals surface area contributed by atoms with E-state index in [0.717, 1.165) is 0 Å². The molecule has 0 aliphatic heterocycles. The standard InChI is InChI=1S/C11H15N3O3/c1-7-9(5-8(12)6-14-7)11(16)17-4-3-10(15)13-2/h5-6H,3-4,12H2,1-2H3,(H,13,15). The molecule has 17 heavy (non-hydrogen) atoms. The van der Waals surface area contributed by atoms with Crippen LogP contribution < -0.4 is 11.1 Å². The Kier molecular flexibility index (Phi) is 4.45. The highest BCUT2D eigenvalue weighted by Gasteiger charge is 2.12. The molecule has 0 aliphatic rings. The van der Waals surface area contributed by atoms with E-state index in [-0.39, 0.29) is 18.9 Å². The van der Waals surface area contributed by atoms with Crippen molar-refractivity contribution in [1.29, 1.82) is 0 Å². The molecule has 0 bridgehead atoms. The first-order chi connectivity index (χ1) is 8.04. The number of anilines is 1. The molecular formula is C11H15N3O3. The number of hydrogen-bond acceptors (Lipinski definition) is 5. The molecule has 1 rings (SSSR count). The number of nitrogens with two attached hydrogens (primary N) is 1. The Morgan fingerprint density at radius 2 is 2.24 bits per heavy atom. The molecular weight excluding hydrogens is 222 g/mol. The lowest BCUT2D eigenvalue weighted by Crippen LogP contribution is -2.20. The quantitative estimate of drug-likeness (QED) is 0.733. The first-order valence-corrected chi connectivity index (χ1v) is 5.14. The summed E-state index contributed by atoms with van der Waals surface area (Å²) in [5.41, 5.74) is 6.79. The van der Waals surface area contributed by atoms with E-state index in [4.69, 9.17) is 10.5 Å². The van der Waals surface area contributed by atoms with Crippen LogP contribution in [0.15, 0.2) is 12.3 Å². The van der Waals surface area contributed by atoms with E-state index in [1.165, 1.54) is 19.3 Å². The van der Waals surface area contributed by atoms with E-state index in [2.05, 4.69) is 10.3 Å². The van der Waals surface area contributed by atoms with Gasteiger partial charge in [0.15, 0.2) is 0 Å². The minimum Gasteiger partial charge on any atom is -0.462 e. The van der Waals surface area contributed by atoms with Crippen molar-refractivity contribution in [2.75, 3.05) is 19.4 Å². The Hall–Kier alpha value is -2.11. The fourth-order valence-corrected chi connectivity index (χ4v) is 1.20. The molecule has 92 valence electrons. The van der Waals surface area contributed by atoms with Gasteiger partial charge in [0.2, 0.25) is 5.91 Å². The number of carbonyl (C=O) groups excluding carboxylic acids is 2. The number of nitrogen functional groups attached to an aromatic ring is 1. The van der Waals surface area contributed by atoms with Gasteiger partial charge >= 0.3 is 5.97 Å². The van der Waals surface area contributed by atoms with Crippen LogP contribution >= 0.6 is 0 Å². The van der Waals surface area contributed by atoms with Crippen LogP contribution in [0.4, 0.5) is 5.69 Å². The van der Waals surface area contributed by atoms with Crippen LogP contribution in [-0.2, 0) is 9.53 Å². The number of aromatic nitrogens is 1. The van der Waals surface area contributed by atoms with Crippen molar-refractivity contribution >= 4 is 17.6 Å². The highest BCUT2D eigenvalue weighted by molar-refractivity contribution is 5.91. The van der Waals surface area contributed by atoms with Crippen molar-refractivity contribution < 1.29 is 14.3 Å². The Morgan fingerprint density at radius 3 is 2.88 bits per heavy atom. The maximum absolute atomic E-state index is 11.6. The van der Waals surface area contributed by atoms with Gasteiger partial charge in [-0.25, -0.2) is 4.79 Å². The summed E-state index contributed by atoms with van der Waals surface area (Å²) in [5.74, 6) is -0.702. The molecule has 1 aromatic heterocycles. The number of amides is 1. The van der Waals surface area contributed by atoms with Crippen molar-refractivity contribution in [2.45, 2.75) is 13.3 Å². The number of aryl methyl sites for hydroxylation is 1. The third-order valence-electron chi connectivity index (χ3n) is 2.17. The maximum atomic E-state index is 11.6. The molecule has 0 atom stereocenters. The Labute approximate surface area is 99.2 Å². The summed E-state index contributed by atoms with van der Waals surface area (Å²) in [4.78, 5) is 26.5. The van der Waals surface area contributed by atoms with E-state index in [1.54, 1.807) is 6.92 Å². The van der Waals surface area contributed by atoms with Gasteiger partial charge in [0.1, 0.15) is 6.61 Å². The molecule has 0 saturated carbocycles. The van der Waals surface area contributed by atoms with Crippen LogP contribution in [0.3, 0.4) is 0 Å². The van der Waals surface area contributed by atoms with E-state index >= 15 is 0 Å². The predicted molar refractivity (Wildman–Crippen MR) is 62.4 cm³/mol. The smallest absolute Gasteiger partial charge is 0.340 e. The fraction of sp³-hybridized carbons (Fsp3) is 0.364. The van der Waals surface area contributed by atoms with Crippen LogP contribution in [0.25, 0.3) is 0 Å². The van der Waals surface area contributed by atoms with Gasteiger partial charge in [-0.15, -0.1) is 0 Å². The van der Waals surface area contributed by atoms with E-state index in [1.807, 2.05) is 0 Å². The third kappa shape index (κ3) is 3.75. The van der Waals surface area contributed by atoms with E-state index < -0.39 is 5.97 Å². The topological polar surface area (TPSA) is 94.3 Å². The average Bonchev–Trinajstić information content (AvgIpc) is 2.31. The Morgan fingerprint density at radius 1 is 1.53 bits per heavy atom. The van der Waals surface area contributed by atoms with Crippen molar-refractivity contribution in [1.82, 2.24) is 10.3 Å².